The molecule has 0 aliphatic carbocycles. The zero-order valence-electron chi connectivity index (χ0n) is 23.6. The molecule has 3 heterocycles. The van der Waals surface area contributed by atoms with Crippen LogP contribution in [0.1, 0.15) is 10.4 Å². The molecule has 0 radical (unpaired) electrons. The van der Waals surface area contributed by atoms with Crippen LogP contribution < -0.4 is 4.84 Å². The lowest BCUT2D eigenvalue weighted by Crippen LogP contribution is -2.47. The standard InChI is InChI=1S/C30H37N5O4Si/c1-33-14-16-34(17-15-33)30(37)23-10-8-22(9-11-23)28-32-27-26(24-6-5-7-25(36)20-24)12-13-31-29(27)35(28)39-21-38-18-19-40(2,3)4/h5-13,20,36H,14-19,21H2,1-4H3. The first-order valence-electron chi connectivity index (χ1n) is 13.7. The third kappa shape index (κ3) is 6.35. The third-order valence-electron chi connectivity index (χ3n) is 7.11. The van der Waals surface area contributed by atoms with Crippen LogP contribution in [0.2, 0.25) is 25.7 Å². The number of carbonyl (C=O) groups excluding carboxylic acids is 1. The van der Waals surface area contributed by atoms with E-state index in [1.165, 1.54) is 0 Å². The van der Waals surface area contributed by atoms with E-state index in [1.54, 1.807) is 29.1 Å². The number of phenolic OH excluding ortho intramolecular Hbond substituents is 1. The molecule has 1 aliphatic rings. The molecule has 5 rings (SSSR count). The molecule has 1 N–H and O–H groups in total. The lowest BCUT2D eigenvalue weighted by molar-refractivity contribution is -0.0509. The summed E-state index contributed by atoms with van der Waals surface area (Å²) in [4.78, 5) is 32.9. The summed E-state index contributed by atoms with van der Waals surface area (Å²) < 4.78 is 7.43. The summed E-state index contributed by atoms with van der Waals surface area (Å²) in [5.41, 5.74) is 4.26. The van der Waals surface area contributed by atoms with E-state index in [9.17, 15) is 9.90 Å². The lowest BCUT2D eigenvalue weighted by atomic mass is 10.1. The van der Waals surface area contributed by atoms with E-state index in [2.05, 4.69) is 36.6 Å². The number of likely N-dealkylation sites (N-methyl/N-ethyl adjacent to an activating group) is 1. The van der Waals surface area contributed by atoms with E-state index < -0.39 is 8.07 Å². The van der Waals surface area contributed by atoms with Crippen LogP contribution in [0.5, 0.6) is 5.75 Å². The number of fused-ring (bicyclic) bond motifs is 1. The second kappa shape index (κ2) is 11.8. The predicted octanol–water partition coefficient (Wildman–Crippen LogP) is 4.60. The van der Waals surface area contributed by atoms with Gasteiger partial charge in [0.25, 0.3) is 5.91 Å². The van der Waals surface area contributed by atoms with Crippen LogP contribution in [0.3, 0.4) is 0 Å². The molecule has 0 atom stereocenters. The molecule has 1 aliphatic heterocycles. The van der Waals surface area contributed by atoms with Gasteiger partial charge in [-0.05, 0) is 49.0 Å². The van der Waals surface area contributed by atoms with Crippen LogP contribution in [0, 0.1) is 0 Å². The average Bonchev–Trinajstić information content (AvgIpc) is 3.31. The molecule has 1 saturated heterocycles. The third-order valence-corrected chi connectivity index (χ3v) is 8.81. The molecule has 2 aromatic carbocycles. The van der Waals surface area contributed by atoms with Crippen LogP contribution in [0.15, 0.2) is 60.8 Å². The topological polar surface area (TPSA) is 93.0 Å². The first-order valence-corrected chi connectivity index (χ1v) is 17.4. The Morgan fingerprint density at radius 2 is 1.75 bits per heavy atom. The molecule has 2 aromatic heterocycles. The largest absolute Gasteiger partial charge is 0.508 e. The van der Waals surface area contributed by atoms with Crippen LogP contribution in [0.25, 0.3) is 33.7 Å². The zero-order chi connectivity index (χ0) is 28.3. The Morgan fingerprint density at radius 3 is 2.45 bits per heavy atom. The average molecular weight is 560 g/mol. The monoisotopic (exact) mass is 559 g/mol. The fourth-order valence-corrected chi connectivity index (χ4v) is 5.40. The van der Waals surface area contributed by atoms with Crippen molar-refractivity contribution in [3.8, 4) is 28.3 Å². The van der Waals surface area contributed by atoms with Crippen molar-refractivity contribution in [3.63, 3.8) is 0 Å². The fraction of sp³-hybridized carbons (Fsp3) is 0.367. The lowest BCUT2D eigenvalue weighted by Gasteiger charge is -2.32. The summed E-state index contributed by atoms with van der Waals surface area (Å²) in [7, 11) is 0.845. The highest BCUT2D eigenvalue weighted by molar-refractivity contribution is 6.76. The maximum atomic E-state index is 13.1. The molecular weight excluding hydrogens is 522 g/mol. The van der Waals surface area contributed by atoms with E-state index in [-0.39, 0.29) is 18.4 Å². The second-order valence-electron chi connectivity index (χ2n) is 11.4. The molecule has 40 heavy (non-hydrogen) atoms. The molecule has 0 unspecified atom stereocenters. The zero-order valence-corrected chi connectivity index (χ0v) is 24.6. The molecule has 210 valence electrons. The van der Waals surface area contributed by atoms with Crippen LogP contribution >= 0.6 is 0 Å². The Balaban J connectivity index is 1.46. The first kappa shape index (κ1) is 27.8. The van der Waals surface area contributed by atoms with Gasteiger partial charge in [-0.15, -0.1) is 4.73 Å². The van der Waals surface area contributed by atoms with Gasteiger partial charge in [-0.1, -0.05) is 43.9 Å². The van der Waals surface area contributed by atoms with E-state index in [0.29, 0.717) is 29.2 Å². The Morgan fingerprint density at radius 1 is 1.00 bits per heavy atom. The Hall–Kier alpha value is -3.73. The molecule has 10 heteroatoms. The number of aromatic nitrogens is 3. The van der Waals surface area contributed by atoms with Gasteiger partial charge >= 0.3 is 0 Å². The van der Waals surface area contributed by atoms with Gasteiger partial charge in [-0.3, -0.25) is 4.79 Å². The van der Waals surface area contributed by atoms with Gasteiger partial charge in [0.15, 0.2) is 11.5 Å². The predicted molar refractivity (Wildman–Crippen MR) is 159 cm³/mol. The summed E-state index contributed by atoms with van der Waals surface area (Å²) in [6, 6.07) is 17.4. The number of hydrogen-bond acceptors (Lipinski definition) is 7. The van der Waals surface area contributed by atoms with Crippen molar-refractivity contribution >= 4 is 25.1 Å². The summed E-state index contributed by atoms with van der Waals surface area (Å²) in [5, 5.41) is 10.1. The number of aromatic hydroxyl groups is 1. The fourth-order valence-electron chi connectivity index (χ4n) is 4.65. The highest BCUT2D eigenvalue weighted by Gasteiger charge is 2.22. The molecule has 0 spiro atoms. The van der Waals surface area contributed by atoms with Gasteiger partial charge in [0, 0.05) is 63.7 Å². The normalized spacial score (nSPS) is 14.6. The minimum Gasteiger partial charge on any atom is -0.508 e. The van der Waals surface area contributed by atoms with Gasteiger partial charge < -0.3 is 24.5 Å². The molecule has 4 aromatic rings. The number of amides is 1. The maximum absolute atomic E-state index is 13.1. The van der Waals surface area contributed by atoms with Gasteiger partial charge in [-0.25, -0.2) is 9.97 Å². The number of imidazole rings is 1. The van der Waals surface area contributed by atoms with Crippen LogP contribution in [-0.2, 0) is 4.74 Å². The second-order valence-corrected chi connectivity index (χ2v) is 17.1. The van der Waals surface area contributed by atoms with Crippen LogP contribution in [0.4, 0.5) is 0 Å². The molecule has 0 saturated carbocycles. The maximum Gasteiger partial charge on any atom is 0.253 e. The number of ether oxygens (including phenoxy) is 1. The number of phenols is 1. The number of carbonyl (C=O) groups is 1. The van der Waals surface area contributed by atoms with E-state index >= 15 is 0 Å². The number of benzene rings is 2. The van der Waals surface area contributed by atoms with Crippen molar-refractivity contribution in [3.05, 3.63) is 66.4 Å². The Kier molecular flexibility index (Phi) is 8.20. The highest BCUT2D eigenvalue weighted by atomic mass is 28.3. The van der Waals surface area contributed by atoms with Crippen molar-refractivity contribution < 1.29 is 19.5 Å². The van der Waals surface area contributed by atoms with Crippen molar-refractivity contribution in [2.24, 2.45) is 0 Å². The number of rotatable bonds is 9. The van der Waals surface area contributed by atoms with Crippen molar-refractivity contribution in [2.45, 2.75) is 25.7 Å². The number of pyridine rings is 1. The van der Waals surface area contributed by atoms with Crippen molar-refractivity contribution in [1.29, 1.82) is 0 Å². The summed E-state index contributed by atoms with van der Waals surface area (Å²) in [6.07, 6.45) is 1.71. The van der Waals surface area contributed by atoms with Gasteiger partial charge in [0.1, 0.15) is 11.3 Å². The molecule has 0 bridgehead atoms. The molecule has 1 amide bonds. The van der Waals surface area contributed by atoms with E-state index in [0.717, 1.165) is 48.9 Å². The molecule has 1 fully saturated rings. The molecular formula is C30H37N5O4Si. The highest BCUT2D eigenvalue weighted by Crippen LogP contribution is 2.32. The molecule has 9 nitrogen and oxygen atoms in total. The summed E-state index contributed by atoms with van der Waals surface area (Å²) >= 11 is 0. The smallest absolute Gasteiger partial charge is 0.253 e. The number of nitrogens with zero attached hydrogens (tertiary/aromatic N) is 5. The number of piperazine rings is 1. The number of hydrogen-bond donors (Lipinski definition) is 1. The van der Waals surface area contributed by atoms with E-state index in [4.69, 9.17) is 14.6 Å². The SMILES string of the molecule is CN1CCN(C(=O)c2ccc(-c3nc4c(-c5cccc(O)c5)ccnc4n3OCOCC[Si](C)(C)C)cc2)CC1. The Labute approximate surface area is 235 Å². The van der Waals surface area contributed by atoms with Gasteiger partial charge in [-0.2, -0.15) is 0 Å². The minimum atomic E-state index is -1.23. The summed E-state index contributed by atoms with van der Waals surface area (Å²) in [6.45, 7) is 10.8. The summed E-state index contributed by atoms with van der Waals surface area (Å²) in [5.74, 6) is 0.769. The van der Waals surface area contributed by atoms with Crippen molar-refractivity contribution in [2.75, 3.05) is 46.6 Å². The minimum absolute atomic E-state index is 0.0352. The van der Waals surface area contributed by atoms with Gasteiger partial charge in [0.05, 0.1) is 0 Å². The van der Waals surface area contributed by atoms with Gasteiger partial charge in [0.2, 0.25) is 6.79 Å². The first-order chi connectivity index (χ1) is 19.2. The van der Waals surface area contributed by atoms with Crippen molar-refractivity contribution in [1.82, 2.24) is 24.5 Å². The quantitative estimate of drug-likeness (QED) is 0.182. The Bertz CT molecular complexity index is 1470. The van der Waals surface area contributed by atoms with Crippen LogP contribution in [-0.4, -0.2) is 90.2 Å². The van der Waals surface area contributed by atoms with E-state index in [1.807, 2.05) is 41.3 Å².